The molecule has 0 bridgehead atoms. The van der Waals surface area contributed by atoms with Gasteiger partial charge in [0.2, 0.25) is 0 Å². The predicted octanol–water partition coefficient (Wildman–Crippen LogP) is 3.96. The molecule has 0 spiro atoms. The summed E-state index contributed by atoms with van der Waals surface area (Å²) in [7, 11) is 0. The highest BCUT2D eigenvalue weighted by atomic mass is 35.5. The molecule has 0 N–H and O–H groups in total. The maximum atomic E-state index is 11.3. The number of hydrogen-bond donors (Lipinski definition) is 0. The summed E-state index contributed by atoms with van der Waals surface area (Å²) in [4.78, 5) is 11.3. The SMILES string of the molecule is CCOC(=O)C(C)=Cc1ccc(Cl)c(Cl)c1. The lowest BCUT2D eigenvalue weighted by Gasteiger charge is -2.02. The summed E-state index contributed by atoms with van der Waals surface area (Å²) in [5.74, 6) is -0.325. The first-order valence-corrected chi connectivity index (χ1v) is 5.60. The molecule has 86 valence electrons. The second-order valence-electron chi connectivity index (χ2n) is 3.22. The van der Waals surface area contributed by atoms with Crippen LogP contribution in [0.1, 0.15) is 19.4 Å². The Morgan fingerprint density at radius 2 is 2.06 bits per heavy atom. The molecule has 0 amide bonds. The number of rotatable bonds is 3. The van der Waals surface area contributed by atoms with Crippen molar-refractivity contribution in [1.29, 1.82) is 0 Å². The molecule has 2 nitrogen and oxygen atoms in total. The Labute approximate surface area is 105 Å². The fraction of sp³-hybridized carbons (Fsp3) is 0.250. The Kier molecular flexibility index (Phi) is 4.84. The summed E-state index contributed by atoms with van der Waals surface area (Å²) in [6.07, 6.45) is 1.71. The van der Waals surface area contributed by atoms with E-state index in [9.17, 15) is 4.79 Å². The highest BCUT2D eigenvalue weighted by Gasteiger charge is 2.05. The minimum absolute atomic E-state index is 0.325. The molecule has 0 aliphatic rings. The summed E-state index contributed by atoms with van der Waals surface area (Å²) in [6.45, 7) is 3.83. The van der Waals surface area contributed by atoms with E-state index < -0.39 is 0 Å². The first-order chi connectivity index (χ1) is 7.54. The normalized spacial score (nSPS) is 11.4. The van der Waals surface area contributed by atoms with Gasteiger partial charge in [0.15, 0.2) is 0 Å². The van der Waals surface area contributed by atoms with Crippen LogP contribution in [0.3, 0.4) is 0 Å². The van der Waals surface area contributed by atoms with Crippen LogP contribution >= 0.6 is 23.2 Å². The van der Waals surface area contributed by atoms with E-state index in [1.807, 2.05) is 0 Å². The predicted molar refractivity (Wildman–Crippen MR) is 66.7 cm³/mol. The lowest BCUT2D eigenvalue weighted by molar-refractivity contribution is -0.138. The van der Waals surface area contributed by atoms with Crippen molar-refractivity contribution < 1.29 is 9.53 Å². The third kappa shape index (κ3) is 3.54. The third-order valence-corrected chi connectivity index (χ3v) is 2.66. The molecular formula is C12H12Cl2O2. The lowest BCUT2D eigenvalue weighted by atomic mass is 10.1. The molecule has 0 heterocycles. The zero-order valence-corrected chi connectivity index (χ0v) is 10.6. The molecule has 16 heavy (non-hydrogen) atoms. The molecule has 0 radical (unpaired) electrons. The monoisotopic (exact) mass is 258 g/mol. The molecule has 0 saturated carbocycles. The molecule has 1 aromatic carbocycles. The van der Waals surface area contributed by atoms with Crippen LogP contribution in [-0.2, 0) is 9.53 Å². The molecule has 0 unspecified atom stereocenters. The van der Waals surface area contributed by atoms with Crippen molar-refractivity contribution >= 4 is 35.2 Å². The van der Waals surface area contributed by atoms with Crippen molar-refractivity contribution in [3.8, 4) is 0 Å². The summed E-state index contributed by atoms with van der Waals surface area (Å²) in [5.41, 5.74) is 1.35. The summed E-state index contributed by atoms with van der Waals surface area (Å²) in [5, 5.41) is 0.958. The molecule has 0 atom stereocenters. The van der Waals surface area contributed by atoms with E-state index >= 15 is 0 Å². The number of carbonyl (C=O) groups excluding carboxylic acids is 1. The molecule has 0 fully saturated rings. The molecule has 1 rings (SSSR count). The highest BCUT2D eigenvalue weighted by Crippen LogP contribution is 2.23. The minimum Gasteiger partial charge on any atom is -0.463 e. The van der Waals surface area contributed by atoms with Gasteiger partial charge in [-0.1, -0.05) is 29.3 Å². The van der Waals surface area contributed by atoms with Gasteiger partial charge < -0.3 is 4.74 Å². The number of esters is 1. The zero-order chi connectivity index (χ0) is 12.1. The number of carbonyl (C=O) groups is 1. The minimum atomic E-state index is -0.325. The van der Waals surface area contributed by atoms with Gasteiger partial charge in [-0.25, -0.2) is 4.79 Å². The Morgan fingerprint density at radius 3 is 2.62 bits per heavy atom. The van der Waals surface area contributed by atoms with Crippen LogP contribution in [-0.4, -0.2) is 12.6 Å². The smallest absolute Gasteiger partial charge is 0.333 e. The van der Waals surface area contributed by atoms with E-state index in [1.165, 1.54) is 0 Å². The summed E-state index contributed by atoms with van der Waals surface area (Å²) in [6, 6.07) is 5.18. The van der Waals surface area contributed by atoms with Crippen LogP contribution in [0.25, 0.3) is 6.08 Å². The van der Waals surface area contributed by atoms with Gasteiger partial charge in [-0.3, -0.25) is 0 Å². The molecular weight excluding hydrogens is 247 g/mol. The average Bonchev–Trinajstić information content (AvgIpc) is 2.24. The van der Waals surface area contributed by atoms with Gasteiger partial charge in [0.1, 0.15) is 0 Å². The van der Waals surface area contributed by atoms with Crippen molar-refractivity contribution in [3.05, 3.63) is 39.4 Å². The third-order valence-electron chi connectivity index (χ3n) is 1.92. The first kappa shape index (κ1) is 13.1. The van der Waals surface area contributed by atoms with Crippen molar-refractivity contribution in [2.75, 3.05) is 6.61 Å². The van der Waals surface area contributed by atoms with Crippen LogP contribution in [0.2, 0.25) is 10.0 Å². The number of hydrogen-bond acceptors (Lipinski definition) is 2. The van der Waals surface area contributed by atoms with Gasteiger partial charge in [-0.2, -0.15) is 0 Å². The maximum absolute atomic E-state index is 11.3. The number of halogens is 2. The average molecular weight is 259 g/mol. The highest BCUT2D eigenvalue weighted by molar-refractivity contribution is 6.42. The van der Waals surface area contributed by atoms with Gasteiger partial charge in [-0.15, -0.1) is 0 Å². The topological polar surface area (TPSA) is 26.3 Å². The van der Waals surface area contributed by atoms with Crippen molar-refractivity contribution in [2.24, 2.45) is 0 Å². The van der Waals surface area contributed by atoms with E-state index in [2.05, 4.69) is 0 Å². The van der Waals surface area contributed by atoms with Crippen molar-refractivity contribution in [3.63, 3.8) is 0 Å². The lowest BCUT2D eigenvalue weighted by Crippen LogP contribution is -2.04. The summed E-state index contributed by atoms with van der Waals surface area (Å²) >= 11 is 11.6. The number of benzene rings is 1. The fourth-order valence-corrected chi connectivity index (χ4v) is 1.46. The van der Waals surface area contributed by atoms with Gasteiger partial charge >= 0.3 is 5.97 Å². The van der Waals surface area contributed by atoms with E-state index in [1.54, 1.807) is 38.1 Å². The molecule has 0 aromatic heterocycles. The molecule has 1 aromatic rings. The Hall–Kier alpha value is -0.990. The van der Waals surface area contributed by atoms with Crippen LogP contribution in [0, 0.1) is 0 Å². The van der Waals surface area contributed by atoms with Crippen molar-refractivity contribution in [1.82, 2.24) is 0 Å². The van der Waals surface area contributed by atoms with Gasteiger partial charge in [0.05, 0.1) is 16.7 Å². The zero-order valence-electron chi connectivity index (χ0n) is 9.09. The van der Waals surface area contributed by atoms with E-state index in [-0.39, 0.29) is 5.97 Å². The first-order valence-electron chi connectivity index (χ1n) is 4.85. The van der Waals surface area contributed by atoms with Gasteiger partial charge in [0.25, 0.3) is 0 Å². The summed E-state index contributed by atoms with van der Waals surface area (Å²) < 4.78 is 4.86. The van der Waals surface area contributed by atoms with Crippen LogP contribution < -0.4 is 0 Å². The second kappa shape index (κ2) is 5.92. The van der Waals surface area contributed by atoms with Gasteiger partial charge in [0, 0.05) is 5.57 Å². The van der Waals surface area contributed by atoms with Crippen LogP contribution in [0.15, 0.2) is 23.8 Å². The quantitative estimate of drug-likeness (QED) is 0.606. The molecule has 4 heteroatoms. The Morgan fingerprint density at radius 1 is 1.38 bits per heavy atom. The largest absolute Gasteiger partial charge is 0.463 e. The van der Waals surface area contributed by atoms with Crippen LogP contribution in [0.5, 0.6) is 0 Å². The Balaban J connectivity index is 2.89. The fourth-order valence-electron chi connectivity index (χ4n) is 1.16. The van der Waals surface area contributed by atoms with E-state index in [0.29, 0.717) is 22.2 Å². The Bertz CT molecular complexity index is 425. The molecule has 0 saturated heterocycles. The van der Waals surface area contributed by atoms with Crippen LogP contribution in [0.4, 0.5) is 0 Å². The van der Waals surface area contributed by atoms with Crippen molar-refractivity contribution in [2.45, 2.75) is 13.8 Å². The molecule has 0 aliphatic carbocycles. The second-order valence-corrected chi connectivity index (χ2v) is 4.04. The number of ether oxygens (including phenoxy) is 1. The van der Waals surface area contributed by atoms with Gasteiger partial charge in [-0.05, 0) is 37.6 Å². The van der Waals surface area contributed by atoms with E-state index in [4.69, 9.17) is 27.9 Å². The maximum Gasteiger partial charge on any atom is 0.333 e. The standard InChI is InChI=1S/C12H12Cl2O2/c1-3-16-12(15)8(2)6-9-4-5-10(13)11(14)7-9/h4-7H,3H2,1-2H3. The molecule has 0 aliphatic heterocycles. The van der Waals surface area contributed by atoms with E-state index in [0.717, 1.165) is 5.56 Å².